The highest BCUT2D eigenvalue weighted by molar-refractivity contribution is 5.77. The summed E-state index contributed by atoms with van der Waals surface area (Å²) in [6, 6.07) is 8.58. The molecule has 2 aromatic rings. The number of nitrogens with two attached hydrogens (primary N) is 1. The standard InChI is InChI=1S/C13H15NO3/c1-9(6-7-14)16-11-4-2-10-3-5-13(15)17-12(10)8-11/h2-5,8-9H,6-7,14H2,1H3. The van der Waals surface area contributed by atoms with Gasteiger partial charge in [-0.1, -0.05) is 0 Å². The highest BCUT2D eigenvalue weighted by Gasteiger charge is 2.04. The molecule has 4 nitrogen and oxygen atoms in total. The molecular weight excluding hydrogens is 218 g/mol. The van der Waals surface area contributed by atoms with Crippen LogP contribution in [0.25, 0.3) is 11.0 Å². The van der Waals surface area contributed by atoms with E-state index in [0.29, 0.717) is 17.9 Å². The van der Waals surface area contributed by atoms with Crippen LogP contribution in [0.2, 0.25) is 0 Å². The van der Waals surface area contributed by atoms with E-state index in [4.69, 9.17) is 14.9 Å². The molecule has 90 valence electrons. The molecule has 0 saturated carbocycles. The summed E-state index contributed by atoms with van der Waals surface area (Å²) in [4.78, 5) is 11.1. The highest BCUT2D eigenvalue weighted by Crippen LogP contribution is 2.20. The van der Waals surface area contributed by atoms with Gasteiger partial charge in [0.1, 0.15) is 11.3 Å². The lowest BCUT2D eigenvalue weighted by molar-refractivity contribution is 0.214. The fraction of sp³-hybridized carbons (Fsp3) is 0.308. The van der Waals surface area contributed by atoms with Gasteiger partial charge in [-0.25, -0.2) is 4.79 Å². The highest BCUT2D eigenvalue weighted by atomic mass is 16.5. The molecule has 4 heteroatoms. The predicted octanol–water partition coefficient (Wildman–Crippen LogP) is 1.91. The van der Waals surface area contributed by atoms with Gasteiger partial charge in [0.15, 0.2) is 0 Å². The molecule has 0 radical (unpaired) electrons. The summed E-state index contributed by atoms with van der Waals surface area (Å²) in [6.45, 7) is 2.54. The van der Waals surface area contributed by atoms with Crippen LogP contribution in [-0.2, 0) is 0 Å². The van der Waals surface area contributed by atoms with Gasteiger partial charge in [0.2, 0.25) is 0 Å². The van der Waals surface area contributed by atoms with E-state index in [2.05, 4.69) is 0 Å². The molecule has 0 bridgehead atoms. The van der Waals surface area contributed by atoms with E-state index < -0.39 is 0 Å². The molecule has 1 unspecified atom stereocenters. The van der Waals surface area contributed by atoms with Crippen molar-refractivity contribution in [2.45, 2.75) is 19.4 Å². The summed E-state index contributed by atoms with van der Waals surface area (Å²) < 4.78 is 10.7. The SMILES string of the molecule is CC(CCN)Oc1ccc2ccc(=O)oc2c1. The molecule has 0 aliphatic heterocycles. The summed E-state index contributed by atoms with van der Waals surface area (Å²) >= 11 is 0. The summed E-state index contributed by atoms with van der Waals surface area (Å²) in [5.41, 5.74) is 5.63. The van der Waals surface area contributed by atoms with Crippen molar-refractivity contribution in [1.82, 2.24) is 0 Å². The van der Waals surface area contributed by atoms with Gasteiger partial charge in [0, 0.05) is 17.5 Å². The zero-order valence-corrected chi connectivity index (χ0v) is 9.68. The first kappa shape index (κ1) is 11.7. The quantitative estimate of drug-likeness (QED) is 0.819. The summed E-state index contributed by atoms with van der Waals surface area (Å²) in [7, 11) is 0. The van der Waals surface area contributed by atoms with Gasteiger partial charge in [-0.05, 0) is 38.1 Å². The number of hydrogen-bond acceptors (Lipinski definition) is 4. The van der Waals surface area contributed by atoms with Crippen molar-refractivity contribution in [1.29, 1.82) is 0 Å². The van der Waals surface area contributed by atoms with Crippen molar-refractivity contribution in [3.63, 3.8) is 0 Å². The van der Waals surface area contributed by atoms with Gasteiger partial charge >= 0.3 is 5.63 Å². The second-order valence-corrected chi connectivity index (χ2v) is 3.96. The van der Waals surface area contributed by atoms with E-state index in [1.54, 1.807) is 12.1 Å². The Morgan fingerprint density at radius 1 is 1.35 bits per heavy atom. The average molecular weight is 233 g/mol. The van der Waals surface area contributed by atoms with Crippen LogP contribution in [0.1, 0.15) is 13.3 Å². The van der Waals surface area contributed by atoms with Crippen LogP contribution in [0, 0.1) is 0 Å². The van der Waals surface area contributed by atoms with E-state index in [-0.39, 0.29) is 11.7 Å². The van der Waals surface area contributed by atoms with Crippen molar-refractivity contribution in [2.24, 2.45) is 5.73 Å². The van der Waals surface area contributed by atoms with E-state index in [0.717, 1.165) is 11.8 Å². The third-order valence-corrected chi connectivity index (χ3v) is 2.51. The molecule has 1 aromatic carbocycles. The minimum atomic E-state index is -0.357. The number of hydrogen-bond donors (Lipinski definition) is 1. The molecule has 0 fully saturated rings. The van der Waals surface area contributed by atoms with Crippen molar-refractivity contribution in [3.05, 3.63) is 40.8 Å². The molecule has 0 spiro atoms. The van der Waals surface area contributed by atoms with Gasteiger partial charge in [-0.3, -0.25) is 0 Å². The van der Waals surface area contributed by atoms with E-state index in [1.165, 1.54) is 6.07 Å². The van der Waals surface area contributed by atoms with Crippen LogP contribution < -0.4 is 16.1 Å². The first-order valence-corrected chi connectivity index (χ1v) is 5.59. The van der Waals surface area contributed by atoms with E-state index in [9.17, 15) is 4.79 Å². The Morgan fingerprint density at radius 2 is 2.12 bits per heavy atom. The largest absolute Gasteiger partial charge is 0.491 e. The zero-order valence-electron chi connectivity index (χ0n) is 9.68. The molecule has 1 heterocycles. The number of ether oxygens (including phenoxy) is 1. The number of fused-ring (bicyclic) bond motifs is 1. The molecule has 1 atom stereocenters. The van der Waals surface area contributed by atoms with E-state index >= 15 is 0 Å². The summed E-state index contributed by atoms with van der Waals surface area (Å²) in [5, 5.41) is 0.878. The van der Waals surface area contributed by atoms with Crippen LogP contribution in [0.15, 0.2) is 39.5 Å². The normalized spacial score (nSPS) is 12.6. The lowest BCUT2D eigenvalue weighted by atomic mass is 10.2. The first-order valence-electron chi connectivity index (χ1n) is 5.59. The third-order valence-electron chi connectivity index (χ3n) is 2.51. The van der Waals surface area contributed by atoms with Crippen LogP contribution in [0.3, 0.4) is 0 Å². The molecule has 0 aliphatic carbocycles. The fourth-order valence-electron chi connectivity index (χ4n) is 1.64. The van der Waals surface area contributed by atoms with Gasteiger partial charge in [-0.15, -0.1) is 0 Å². The van der Waals surface area contributed by atoms with Crippen LogP contribution in [-0.4, -0.2) is 12.6 Å². The minimum Gasteiger partial charge on any atom is -0.491 e. The van der Waals surface area contributed by atoms with Crippen LogP contribution in [0.5, 0.6) is 5.75 Å². The monoisotopic (exact) mass is 233 g/mol. The molecule has 2 N–H and O–H groups in total. The van der Waals surface area contributed by atoms with Crippen molar-refractivity contribution < 1.29 is 9.15 Å². The van der Waals surface area contributed by atoms with Gasteiger partial charge < -0.3 is 14.9 Å². The molecule has 0 amide bonds. The summed E-state index contributed by atoms with van der Waals surface area (Å²) in [6.07, 6.45) is 0.837. The smallest absolute Gasteiger partial charge is 0.336 e. The number of benzene rings is 1. The van der Waals surface area contributed by atoms with Gasteiger partial charge in [0.25, 0.3) is 0 Å². The van der Waals surface area contributed by atoms with Crippen molar-refractivity contribution >= 4 is 11.0 Å². The third kappa shape index (κ3) is 2.85. The Hall–Kier alpha value is -1.81. The Balaban J connectivity index is 2.27. The molecule has 0 aliphatic rings. The van der Waals surface area contributed by atoms with E-state index in [1.807, 2.05) is 19.1 Å². The number of rotatable bonds is 4. The molecule has 0 saturated heterocycles. The molecular formula is C13H15NO3. The predicted molar refractivity (Wildman–Crippen MR) is 66.2 cm³/mol. The van der Waals surface area contributed by atoms with Crippen molar-refractivity contribution in [2.75, 3.05) is 6.54 Å². The lowest BCUT2D eigenvalue weighted by Crippen LogP contribution is -2.16. The Labute approximate surface area is 99.0 Å². The minimum absolute atomic E-state index is 0.0490. The Morgan fingerprint density at radius 3 is 2.88 bits per heavy atom. The Bertz CT molecular complexity index is 562. The fourth-order valence-corrected chi connectivity index (χ4v) is 1.64. The Kier molecular flexibility index (Phi) is 3.44. The van der Waals surface area contributed by atoms with Crippen LogP contribution in [0.4, 0.5) is 0 Å². The zero-order chi connectivity index (χ0) is 12.3. The molecule has 17 heavy (non-hydrogen) atoms. The van der Waals surface area contributed by atoms with Gasteiger partial charge in [-0.2, -0.15) is 0 Å². The second kappa shape index (κ2) is 5.01. The maximum atomic E-state index is 11.1. The molecule has 2 rings (SSSR count). The second-order valence-electron chi connectivity index (χ2n) is 3.96. The van der Waals surface area contributed by atoms with Gasteiger partial charge in [0.05, 0.1) is 6.10 Å². The average Bonchev–Trinajstić information content (AvgIpc) is 2.28. The summed E-state index contributed by atoms with van der Waals surface area (Å²) in [5.74, 6) is 0.688. The first-order chi connectivity index (χ1) is 8.19. The molecule has 1 aromatic heterocycles. The van der Waals surface area contributed by atoms with Crippen LogP contribution >= 0.6 is 0 Å². The van der Waals surface area contributed by atoms with Crippen molar-refractivity contribution in [3.8, 4) is 5.75 Å². The topological polar surface area (TPSA) is 65.5 Å². The maximum absolute atomic E-state index is 11.1. The maximum Gasteiger partial charge on any atom is 0.336 e. The lowest BCUT2D eigenvalue weighted by Gasteiger charge is -2.13.